The van der Waals surface area contributed by atoms with Gasteiger partial charge in [-0.15, -0.1) is 11.3 Å². The number of rotatable bonds is 4. The molecule has 1 amide bonds. The zero-order valence-electron chi connectivity index (χ0n) is 14.8. The predicted molar refractivity (Wildman–Crippen MR) is 110 cm³/mol. The van der Waals surface area contributed by atoms with Gasteiger partial charge in [-0.3, -0.25) is 9.48 Å². The third-order valence-corrected chi connectivity index (χ3v) is 5.77. The molecule has 0 bridgehead atoms. The topological polar surface area (TPSA) is 59.8 Å². The van der Waals surface area contributed by atoms with Gasteiger partial charge in [0.25, 0.3) is 0 Å². The van der Waals surface area contributed by atoms with Crippen molar-refractivity contribution in [1.82, 2.24) is 14.8 Å². The first-order valence-electron chi connectivity index (χ1n) is 8.49. The summed E-state index contributed by atoms with van der Waals surface area (Å²) in [4.78, 5) is 17.3. The van der Waals surface area contributed by atoms with E-state index in [2.05, 4.69) is 15.4 Å². The van der Waals surface area contributed by atoms with Crippen molar-refractivity contribution in [1.29, 1.82) is 0 Å². The molecule has 4 rings (SSSR count). The van der Waals surface area contributed by atoms with E-state index in [1.165, 1.54) is 0 Å². The van der Waals surface area contributed by atoms with Gasteiger partial charge in [-0.1, -0.05) is 23.7 Å². The van der Waals surface area contributed by atoms with Gasteiger partial charge in [0.15, 0.2) is 0 Å². The van der Waals surface area contributed by atoms with Gasteiger partial charge in [-0.25, -0.2) is 4.98 Å². The van der Waals surface area contributed by atoms with Gasteiger partial charge in [-0.05, 0) is 50.2 Å². The maximum Gasteiger partial charge on any atom is 0.248 e. The fourth-order valence-electron chi connectivity index (χ4n) is 2.90. The lowest BCUT2D eigenvalue weighted by atomic mass is 10.2. The molecule has 0 saturated carbocycles. The quantitative estimate of drug-likeness (QED) is 0.507. The molecule has 5 nitrogen and oxygen atoms in total. The molecule has 27 heavy (non-hydrogen) atoms. The van der Waals surface area contributed by atoms with Crippen molar-refractivity contribution in [2.75, 3.05) is 5.32 Å². The third-order valence-electron chi connectivity index (χ3n) is 4.37. The molecule has 0 aliphatic heterocycles. The van der Waals surface area contributed by atoms with Crippen molar-refractivity contribution in [2.24, 2.45) is 0 Å². The Morgan fingerprint density at radius 2 is 2.04 bits per heavy atom. The fraction of sp³-hybridized carbons (Fsp3) is 0.150. The highest BCUT2D eigenvalue weighted by molar-refractivity contribution is 7.21. The third kappa shape index (κ3) is 3.46. The number of fused-ring (bicyclic) bond motifs is 1. The molecule has 0 aliphatic rings. The van der Waals surface area contributed by atoms with Gasteiger partial charge < -0.3 is 5.32 Å². The minimum absolute atomic E-state index is 0.139. The number of para-hydroxylation sites is 1. The van der Waals surface area contributed by atoms with E-state index in [4.69, 9.17) is 11.6 Å². The normalized spacial score (nSPS) is 12.3. The van der Waals surface area contributed by atoms with Crippen LogP contribution < -0.4 is 5.32 Å². The number of hydrogen-bond donors (Lipinski definition) is 1. The number of halogens is 1. The average molecular weight is 397 g/mol. The maximum absolute atomic E-state index is 12.6. The van der Waals surface area contributed by atoms with E-state index in [-0.39, 0.29) is 5.91 Å². The molecule has 2 heterocycles. The smallest absolute Gasteiger partial charge is 0.248 e. The predicted octanol–water partition coefficient (Wildman–Crippen LogP) is 5.32. The number of nitrogens with one attached hydrogen (secondary N) is 1. The van der Waals surface area contributed by atoms with Crippen LogP contribution in [0.4, 0.5) is 5.69 Å². The van der Waals surface area contributed by atoms with Crippen molar-refractivity contribution in [3.63, 3.8) is 0 Å². The second kappa shape index (κ2) is 7.13. The van der Waals surface area contributed by atoms with Gasteiger partial charge in [0, 0.05) is 23.1 Å². The monoisotopic (exact) mass is 396 g/mol. The summed E-state index contributed by atoms with van der Waals surface area (Å²) in [5.74, 6) is -0.139. The molecule has 136 valence electrons. The van der Waals surface area contributed by atoms with Crippen LogP contribution in [0.2, 0.25) is 5.02 Å². The molecule has 0 saturated heterocycles. The van der Waals surface area contributed by atoms with Crippen LogP contribution in [0.3, 0.4) is 0 Å². The molecule has 1 unspecified atom stereocenters. The number of benzene rings is 2. The number of nitrogens with zero attached hydrogens (tertiary/aromatic N) is 3. The van der Waals surface area contributed by atoms with Gasteiger partial charge in [0.2, 0.25) is 5.91 Å². The Balaban J connectivity index is 1.62. The van der Waals surface area contributed by atoms with Crippen LogP contribution in [0.5, 0.6) is 0 Å². The molecule has 7 heteroatoms. The Morgan fingerprint density at radius 3 is 2.78 bits per heavy atom. The second-order valence-electron chi connectivity index (χ2n) is 6.26. The van der Waals surface area contributed by atoms with Gasteiger partial charge in [0.05, 0.1) is 15.2 Å². The summed E-state index contributed by atoms with van der Waals surface area (Å²) < 4.78 is 2.79. The number of aromatic nitrogens is 3. The first-order valence-corrected chi connectivity index (χ1v) is 9.69. The number of aryl methyl sites for hydroxylation is 1. The molecule has 2 aromatic heterocycles. The largest absolute Gasteiger partial charge is 0.324 e. The van der Waals surface area contributed by atoms with Gasteiger partial charge >= 0.3 is 0 Å². The second-order valence-corrected chi connectivity index (χ2v) is 7.70. The Hall–Kier alpha value is -2.70. The van der Waals surface area contributed by atoms with Gasteiger partial charge in [-0.2, -0.15) is 5.10 Å². The van der Waals surface area contributed by atoms with E-state index in [0.717, 1.165) is 26.5 Å². The standard InChI is InChI=1S/C20H17ClN4OS/c1-12-9-10-22-25(12)13(2)19(26)23-14-7-8-16(21)15(11-14)20-24-17-5-3-4-6-18(17)27-20/h3-11,13H,1-2H3,(H,23,26). The fourth-order valence-corrected chi connectivity index (χ4v) is 4.16. The number of amides is 1. The molecule has 0 fully saturated rings. The van der Waals surface area contributed by atoms with Gasteiger partial charge in [0.1, 0.15) is 11.0 Å². The molecule has 0 spiro atoms. The Kier molecular flexibility index (Phi) is 4.68. The Morgan fingerprint density at radius 1 is 1.22 bits per heavy atom. The molecule has 2 aromatic carbocycles. The van der Waals surface area contributed by atoms with Crippen molar-refractivity contribution in [2.45, 2.75) is 19.9 Å². The first kappa shape index (κ1) is 17.7. The zero-order chi connectivity index (χ0) is 19.0. The van der Waals surface area contributed by atoms with E-state index in [1.807, 2.05) is 50.2 Å². The Labute approximate surface area is 165 Å². The minimum Gasteiger partial charge on any atom is -0.324 e. The van der Waals surface area contributed by atoms with Crippen molar-refractivity contribution >= 4 is 44.7 Å². The van der Waals surface area contributed by atoms with E-state index in [0.29, 0.717) is 10.7 Å². The number of carbonyl (C=O) groups excluding carboxylic acids is 1. The zero-order valence-corrected chi connectivity index (χ0v) is 16.4. The van der Waals surface area contributed by atoms with Crippen LogP contribution in [0.1, 0.15) is 18.7 Å². The van der Waals surface area contributed by atoms with Crippen LogP contribution in [-0.4, -0.2) is 20.7 Å². The molecular weight excluding hydrogens is 380 g/mol. The van der Waals surface area contributed by atoms with Crippen LogP contribution in [-0.2, 0) is 4.79 Å². The summed E-state index contributed by atoms with van der Waals surface area (Å²) in [6, 6.07) is 14.8. The number of thiazole rings is 1. The summed E-state index contributed by atoms with van der Waals surface area (Å²) >= 11 is 7.98. The number of anilines is 1. The van der Waals surface area contributed by atoms with E-state index >= 15 is 0 Å². The van der Waals surface area contributed by atoms with Crippen molar-refractivity contribution in [3.8, 4) is 10.6 Å². The van der Waals surface area contributed by atoms with E-state index in [1.54, 1.807) is 34.3 Å². The molecule has 0 radical (unpaired) electrons. The maximum atomic E-state index is 12.6. The lowest BCUT2D eigenvalue weighted by Crippen LogP contribution is -2.25. The van der Waals surface area contributed by atoms with Crippen LogP contribution in [0.25, 0.3) is 20.8 Å². The molecular formula is C20H17ClN4OS. The average Bonchev–Trinajstić information content (AvgIpc) is 3.28. The number of hydrogen-bond acceptors (Lipinski definition) is 4. The Bertz CT molecular complexity index is 1100. The molecule has 4 aromatic rings. The summed E-state index contributed by atoms with van der Waals surface area (Å²) in [6.45, 7) is 3.74. The first-order chi connectivity index (χ1) is 13.0. The lowest BCUT2D eigenvalue weighted by molar-refractivity contribution is -0.119. The highest BCUT2D eigenvalue weighted by atomic mass is 35.5. The van der Waals surface area contributed by atoms with Crippen molar-refractivity contribution in [3.05, 3.63) is 65.4 Å². The number of carbonyl (C=O) groups is 1. The highest BCUT2D eigenvalue weighted by Crippen LogP contribution is 2.36. The van der Waals surface area contributed by atoms with Crippen LogP contribution in [0, 0.1) is 6.92 Å². The summed E-state index contributed by atoms with van der Waals surface area (Å²) in [6.07, 6.45) is 1.69. The molecule has 1 atom stereocenters. The molecule has 1 N–H and O–H groups in total. The van der Waals surface area contributed by atoms with Crippen LogP contribution in [0.15, 0.2) is 54.7 Å². The SMILES string of the molecule is Cc1ccnn1C(C)C(=O)Nc1ccc(Cl)c(-c2nc3ccccc3s2)c1. The van der Waals surface area contributed by atoms with E-state index in [9.17, 15) is 4.79 Å². The van der Waals surface area contributed by atoms with Crippen LogP contribution >= 0.6 is 22.9 Å². The van der Waals surface area contributed by atoms with Crippen molar-refractivity contribution < 1.29 is 4.79 Å². The molecule has 0 aliphatic carbocycles. The summed E-state index contributed by atoms with van der Waals surface area (Å²) in [7, 11) is 0. The summed E-state index contributed by atoms with van der Waals surface area (Å²) in [5, 5.41) is 8.58. The highest BCUT2D eigenvalue weighted by Gasteiger charge is 2.18. The minimum atomic E-state index is -0.415. The van der Waals surface area contributed by atoms with E-state index < -0.39 is 6.04 Å². The summed E-state index contributed by atoms with van der Waals surface area (Å²) in [5.41, 5.74) is 3.35. The lowest BCUT2D eigenvalue weighted by Gasteiger charge is -2.15.